The van der Waals surface area contributed by atoms with E-state index < -0.39 is 0 Å². The zero-order valence-corrected chi connectivity index (χ0v) is 11.5. The fourth-order valence-corrected chi connectivity index (χ4v) is 2.01. The van der Waals surface area contributed by atoms with Crippen LogP contribution in [0.1, 0.15) is 13.3 Å². The van der Waals surface area contributed by atoms with Crippen LogP contribution in [-0.4, -0.2) is 28.0 Å². The van der Waals surface area contributed by atoms with Crippen LogP contribution >= 0.6 is 11.8 Å². The number of rotatable bonds is 5. The number of benzene rings is 1. The molecule has 0 aliphatic heterocycles. The maximum absolute atomic E-state index is 5.89. The summed E-state index contributed by atoms with van der Waals surface area (Å²) in [6.07, 6.45) is 3.20. The highest BCUT2D eigenvalue weighted by atomic mass is 32.2. The van der Waals surface area contributed by atoms with Crippen molar-refractivity contribution < 1.29 is 0 Å². The van der Waals surface area contributed by atoms with Crippen molar-refractivity contribution in [2.75, 3.05) is 23.9 Å². The number of nitrogens with one attached hydrogen (secondary N) is 1. The summed E-state index contributed by atoms with van der Waals surface area (Å²) in [4.78, 5) is 8.83. The van der Waals surface area contributed by atoms with E-state index >= 15 is 0 Å². The van der Waals surface area contributed by atoms with Gasteiger partial charge in [0.15, 0.2) is 11.6 Å². The number of fused-ring (bicyclic) bond motifs is 1. The average molecular weight is 262 g/mol. The van der Waals surface area contributed by atoms with Crippen LogP contribution in [-0.2, 0) is 0 Å². The molecule has 0 spiro atoms. The highest BCUT2D eigenvalue weighted by Crippen LogP contribution is 2.18. The molecule has 0 bridgehead atoms. The number of hydrogen-bond acceptors (Lipinski definition) is 5. The van der Waals surface area contributed by atoms with Crippen LogP contribution in [0.4, 0.5) is 11.6 Å². The smallest absolute Gasteiger partial charge is 0.169 e. The molecule has 1 atom stereocenters. The van der Waals surface area contributed by atoms with Gasteiger partial charge in [-0.25, -0.2) is 9.97 Å². The number of hydrogen-bond donors (Lipinski definition) is 2. The highest BCUT2D eigenvalue weighted by molar-refractivity contribution is 7.99. The molecule has 1 aromatic carbocycles. The van der Waals surface area contributed by atoms with E-state index in [-0.39, 0.29) is 0 Å². The Kier molecular flexibility index (Phi) is 4.25. The Balaban J connectivity index is 2.10. The molecule has 3 N–H and O–H groups in total. The summed E-state index contributed by atoms with van der Waals surface area (Å²) in [5.74, 6) is 1.15. The molecule has 1 heterocycles. The second kappa shape index (κ2) is 5.91. The fraction of sp³-hybridized carbons (Fsp3) is 0.385. The quantitative estimate of drug-likeness (QED) is 0.867. The van der Waals surface area contributed by atoms with Crippen molar-refractivity contribution in [1.82, 2.24) is 9.97 Å². The number of aromatic nitrogens is 2. The maximum Gasteiger partial charge on any atom is 0.169 e. The van der Waals surface area contributed by atoms with Gasteiger partial charge in [0.05, 0.1) is 11.0 Å². The molecule has 5 heteroatoms. The van der Waals surface area contributed by atoms with Gasteiger partial charge in [0.1, 0.15) is 0 Å². The Hall–Kier alpha value is -1.49. The van der Waals surface area contributed by atoms with E-state index in [1.165, 1.54) is 0 Å². The second-order valence-electron chi connectivity index (χ2n) is 4.21. The molecule has 2 aromatic rings. The molecule has 0 aliphatic carbocycles. The highest BCUT2D eigenvalue weighted by Gasteiger charge is 2.05. The maximum atomic E-state index is 5.89. The third-order valence-corrected chi connectivity index (χ3v) is 3.88. The summed E-state index contributed by atoms with van der Waals surface area (Å²) in [5, 5.41) is 3.89. The van der Waals surface area contributed by atoms with Crippen LogP contribution in [0, 0.1) is 0 Å². The molecule has 0 saturated heterocycles. The first-order valence-electron chi connectivity index (χ1n) is 5.99. The van der Waals surface area contributed by atoms with Gasteiger partial charge in [-0.3, -0.25) is 0 Å². The first kappa shape index (κ1) is 13.0. The van der Waals surface area contributed by atoms with Gasteiger partial charge in [-0.1, -0.05) is 19.1 Å². The van der Waals surface area contributed by atoms with Crippen LogP contribution in [0.3, 0.4) is 0 Å². The molecular formula is C13H18N4S. The molecule has 0 fully saturated rings. The molecule has 2 rings (SSSR count). The second-order valence-corrected chi connectivity index (χ2v) is 5.48. The monoisotopic (exact) mass is 262 g/mol. The van der Waals surface area contributed by atoms with Gasteiger partial charge in [0.25, 0.3) is 0 Å². The molecule has 18 heavy (non-hydrogen) atoms. The molecular weight excluding hydrogens is 244 g/mol. The van der Waals surface area contributed by atoms with Gasteiger partial charge < -0.3 is 11.1 Å². The van der Waals surface area contributed by atoms with Crippen LogP contribution in [0.25, 0.3) is 11.0 Å². The topological polar surface area (TPSA) is 63.8 Å². The van der Waals surface area contributed by atoms with Crippen LogP contribution in [0.15, 0.2) is 24.3 Å². The van der Waals surface area contributed by atoms with Crippen LogP contribution < -0.4 is 11.1 Å². The average Bonchev–Trinajstić information content (AvgIpc) is 2.39. The molecule has 0 amide bonds. The van der Waals surface area contributed by atoms with Gasteiger partial charge in [0.2, 0.25) is 0 Å². The fourth-order valence-electron chi connectivity index (χ4n) is 1.66. The largest absolute Gasteiger partial charge is 0.381 e. The molecule has 1 unspecified atom stereocenters. The van der Waals surface area contributed by atoms with E-state index in [9.17, 15) is 0 Å². The van der Waals surface area contributed by atoms with E-state index in [2.05, 4.69) is 28.5 Å². The minimum atomic E-state index is 0.463. The van der Waals surface area contributed by atoms with Gasteiger partial charge in [-0.05, 0) is 24.8 Å². The number of para-hydroxylation sites is 2. The van der Waals surface area contributed by atoms with E-state index in [1.807, 2.05) is 36.0 Å². The zero-order chi connectivity index (χ0) is 13.0. The summed E-state index contributed by atoms with van der Waals surface area (Å²) in [5.41, 5.74) is 7.59. The van der Waals surface area contributed by atoms with Crippen molar-refractivity contribution in [2.24, 2.45) is 0 Å². The Labute approximate surface area is 111 Å². The predicted molar refractivity (Wildman–Crippen MR) is 80.0 cm³/mol. The molecule has 0 aliphatic rings. The van der Waals surface area contributed by atoms with Gasteiger partial charge in [0, 0.05) is 11.8 Å². The van der Waals surface area contributed by atoms with Gasteiger partial charge in [-0.15, -0.1) is 0 Å². The van der Waals surface area contributed by atoms with Crippen molar-refractivity contribution in [3.63, 3.8) is 0 Å². The number of nitrogen functional groups attached to an aromatic ring is 1. The number of nitrogens with zero attached hydrogens (tertiary/aromatic N) is 2. The van der Waals surface area contributed by atoms with Crippen LogP contribution in [0.5, 0.6) is 0 Å². The van der Waals surface area contributed by atoms with E-state index in [4.69, 9.17) is 5.73 Å². The standard InChI is InChI=1S/C13H18N4S/c1-9(18-2)7-8-15-13-12(14)16-10-5-3-4-6-11(10)17-13/h3-6,9H,7-8H2,1-2H3,(H2,14,16)(H,15,17). The lowest BCUT2D eigenvalue weighted by molar-refractivity contribution is 0.850. The third-order valence-electron chi connectivity index (χ3n) is 2.84. The summed E-state index contributed by atoms with van der Waals surface area (Å²) < 4.78 is 0. The molecule has 96 valence electrons. The Bertz CT molecular complexity index is 529. The molecule has 4 nitrogen and oxygen atoms in total. The lowest BCUT2D eigenvalue weighted by atomic mass is 10.3. The Morgan fingerprint density at radius 3 is 2.61 bits per heavy atom. The van der Waals surface area contributed by atoms with Crippen molar-refractivity contribution in [3.8, 4) is 0 Å². The summed E-state index contributed by atoms with van der Waals surface area (Å²) in [6.45, 7) is 3.07. The van der Waals surface area contributed by atoms with E-state index in [0.29, 0.717) is 16.9 Å². The molecule has 0 radical (unpaired) electrons. The van der Waals surface area contributed by atoms with Crippen molar-refractivity contribution >= 4 is 34.4 Å². The molecule has 0 saturated carbocycles. The summed E-state index contributed by atoms with van der Waals surface area (Å²) in [6, 6.07) is 7.74. The number of nitrogens with two attached hydrogens (primary N) is 1. The van der Waals surface area contributed by atoms with E-state index in [0.717, 1.165) is 24.0 Å². The van der Waals surface area contributed by atoms with Crippen molar-refractivity contribution in [1.29, 1.82) is 0 Å². The number of thioether (sulfide) groups is 1. The normalized spacial score (nSPS) is 12.6. The first-order chi connectivity index (χ1) is 8.70. The lowest BCUT2D eigenvalue weighted by Gasteiger charge is -2.11. The van der Waals surface area contributed by atoms with Gasteiger partial charge in [-0.2, -0.15) is 11.8 Å². The van der Waals surface area contributed by atoms with Crippen LogP contribution in [0.2, 0.25) is 0 Å². The summed E-state index contributed by atoms with van der Waals surface area (Å²) >= 11 is 1.86. The minimum absolute atomic E-state index is 0.463. The van der Waals surface area contributed by atoms with Crippen molar-refractivity contribution in [3.05, 3.63) is 24.3 Å². The lowest BCUT2D eigenvalue weighted by Crippen LogP contribution is -2.11. The minimum Gasteiger partial charge on any atom is -0.381 e. The summed E-state index contributed by atoms with van der Waals surface area (Å²) in [7, 11) is 0. The Morgan fingerprint density at radius 1 is 1.28 bits per heavy atom. The Morgan fingerprint density at radius 2 is 1.94 bits per heavy atom. The third kappa shape index (κ3) is 3.04. The van der Waals surface area contributed by atoms with Gasteiger partial charge >= 0.3 is 0 Å². The van der Waals surface area contributed by atoms with Crippen molar-refractivity contribution in [2.45, 2.75) is 18.6 Å². The van der Waals surface area contributed by atoms with E-state index in [1.54, 1.807) is 0 Å². The SMILES string of the molecule is CSC(C)CCNc1nc2ccccc2nc1N. The molecule has 1 aromatic heterocycles. The first-order valence-corrected chi connectivity index (χ1v) is 7.28. The predicted octanol–water partition coefficient (Wildman–Crippen LogP) is 2.77. The zero-order valence-electron chi connectivity index (χ0n) is 10.7. The number of anilines is 2.